The van der Waals surface area contributed by atoms with Gasteiger partial charge in [0.2, 0.25) is 0 Å². The van der Waals surface area contributed by atoms with Crippen molar-refractivity contribution in [1.29, 1.82) is 0 Å². The Morgan fingerprint density at radius 1 is 1.12 bits per heavy atom. The number of hydrogen-bond donors (Lipinski definition) is 1. The molecule has 0 spiro atoms. The van der Waals surface area contributed by atoms with Crippen LogP contribution >= 0.6 is 0 Å². The molecule has 0 bridgehead atoms. The molecular formula is C14H16N2. The van der Waals surface area contributed by atoms with Crippen LogP contribution in [-0.4, -0.2) is 12.0 Å². The molecule has 0 saturated heterocycles. The van der Waals surface area contributed by atoms with Gasteiger partial charge >= 0.3 is 0 Å². The number of rotatable bonds is 3. The number of nitrogens with zero attached hydrogens (tertiary/aromatic N) is 1. The molecule has 0 atom stereocenters. The summed E-state index contributed by atoms with van der Waals surface area (Å²) in [4.78, 5) is 4.37. The van der Waals surface area contributed by atoms with E-state index in [1.54, 1.807) is 0 Å². The van der Waals surface area contributed by atoms with Gasteiger partial charge in [-0.3, -0.25) is 4.98 Å². The second-order valence-electron chi connectivity index (χ2n) is 3.73. The topological polar surface area (TPSA) is 24.9 Å². The molecular weight excluding hydrogens is 196 g/mol. The van der Waals surface area contributed by atoms with Gasteiger partial charge < -0.3 is 5.32 Å². The lowest BCUT2D eigenvalue weighted by molar-refractivity contribution is 1.14. The van der Waals surface area contributed by atoms with Gasteiger partial charge in [0.05, 0.1) is 5.69 Å². The van der Waals surface area contributed by atoms with Gasteiger partial charge in [0, 0.05) is 24.5 Å². The van der Waals surface area contributed by atoms with Crippen LogP contribution in [0.2, 0.25) is 0 Å². The Kier molecular flexibility index (Phi) is 3.20. The molecule has 0 fully saturated rings. The van der Waals surface area contributed by atoms with Crippen molar-refractivity contribution in [3.05, 3.63) is 48.2 Å². The zero-order valence-electron chi connectivity index (χ0n) is 9.70. The number of nitrogens with one attached hydrogen (secondary N) is 1. The van der Waals surface area contributed by atoms with Gasteiger partial charge in [0.15, 0.2) is 0 Å². The highest BCUT2D eigenvalue weighted by molar-refractivity contribution is 5.64. The predicted octanol–water partition coefficient (Wildman–Crippen LogP) is 3.35. The number of aromatic nitrogens is 1. The molecule has 0 unspecified atom stereocenters. The van der Waals surface area contributed by atoms with Crippen molar-refractivity contribution >= 4 is 5.69 Å². The highest BCUT2D eigenvalue weighted by Crippen LogP contribution is 2.20. The summed E-state index contributed by atoms with van der Waals surface area (Å²) in [6.45, 7) is 2.16. The zero-order valence-corrected chi connectivity index (χ0v) is 9.70. The quantitative estimate of drug-likeness (QED) is 0.844. The van der Waals surface area contributed by atoms with E-state index in [-0.39, 0.29) is 0 Å². The van der Waals surface area contributed by atoms with Crippen molar-refractivity contribution in [3.63, 3.8) is 0 Å². The van der Waals surface area contributed by atoms with Crippen LogP contribution in [0.15, 0.2) is 42.6 Å². The molecule has 0 radical (unpaired) electrons. The maximum absolute atomic E-state index is 4.37. The first-order chi connectivity index (χ1) is 7.83. The molecule has 1 aromatic heterocycles. The van der Waals surface area contributed by atoms with Gasteiger partial charge in [0.25, 0.3) is 0 Å². The Bertz CT molecular complexity index is 460. The molecule has 2 rings (SSSR count). The average Bonchev–Trinajstić information content (AvgIpc) is 2.39. The van der Waals surface area contributed by atoms with Crippen molar-refractivity contribution in [3.8, 4) is 11.3 Å². The van der Waals surface area contributed by atoms with Crippen LogP contribution in [0.5, 0.6) is 0 Å². The third kappa shape index (κ3) is 2.22. The molecule has 0 aliphatic heterocycles. The first kappa shape index (κ1) is 10.7. The van der Waals surface area contributed by atoms with Gasteiger partial charge in [-0.1, -0.05) is 31.2 Å². The minimum absolute atomic E-state index is 1.01. The Morgan fingerprint density at radius 2 is 1.88 bits per heavy atom. The fourth-order valence-corrected chi connectivity index (χ4v) is 1.66. The minimum Gasteiger partial charge on any atom is -0.388 e. The molecule has 0 amide bonds. The molecule has 1 aromatic carbocycles. The van der Waals surface area contributed by atoms with E-state index in [2.05, 4.69) is 47.6 Å². The maximum Gasteiger partial charge on any atom is 0.0722 e. The van der Waals surface area contributed by atoms with Crippen LogP contribution in [0.3, 0.4) is 0 Å². The molecule has 2 aromatic rings. The lowest BCUT2D eigenvalue weighted by Crippen LogP contribution is -1.90. The van der Waals surface area contributed by atoms with Crippen LogP contribution in [0.4, 0.5) is 5.69 Å². The van der Waals surface area contributed by atoms with Gasteiger partial charge in [-0.05, 0) is 24.1 Å². The Morgan fingerprint density at radius 3 is 2.50 bits per heavy atom. The SMILES string of the molecule is CCc1ccc(-c2cc(NC)ccn2)cc1. The standard InChI is InChI=1S/C14H16N2/c1-3-11-4-6-12(7-5-11)14-10-13(15-2)8-9-16-14/h4-10H,3H2,1-2H3,(H,15,16). The molecule has 0 aliphatic carbocycles. The summed E-state index contributed by atoms with van der Waals surface area (Å²) >= 11 is 0. The molecule has 1 N–H and O–H groups in total. The van der Waals surface area contributed by atoms with Crippen LogP contribution in [0, 0.1) is 0 Å². The molecule has 16 heavy (non-hydrogen) atoms. The number of hydrogen-bond acceptors (Lipinski definition) is 2. The van der Waals surface area contributed by atoms with Crippen LogP contribution in [0.1, 0.15) is 12.5 Å². The molecule has 82 valence electrons. The monoisotopic (exact) mass is 212 g/mol. The van der Waals surface area contributed by atoms with E-state index in [9.17, 15) is 0 Å². The summed E-state index contributed by atoms with van der Waals surface area (Å²) in [6.07, 6.45) is 2.90. The van der Waals surface area contributed by atoms with E-state index in [0.717, 1.165) is 23.4 Å². The largest absolute Gasteiger partial charge is 0.388 e. The van der Waals surface area contributed by atoms with Crippen molar-refractivity contribution in [2.24, 2.45) is 0 Å². The normalized spacial score (nSPS) is 10.1. The highest BCUT2D eigenvalue weighted by atomic mass is 14.8. The van der Waals surface area contributed by atoms with E-state index in [0.29, 0.717) is 0 Å². The van der Waals surface area contributed by atoms with E-state index in [1.807, 2.05) is 19.3 Å². The van der Waals surface area contributed by atoms with E-state index < -0.39 is 0 Å². The average molecular weight is 212 g/mol. The zero-order chi connectivity index (χ0) is 11.4. The van der Waals surface area contributed by atoms with Crippen molar-refractivity contribution < 1.29 is 0 Å². The third-order valence-corrected chi connectivity index (χ3v) is 2.71. The summed E-state index contributed by atoms with van der Waals surface area (Å²) in [5.74, 6) is 0. The lowest BCUT2D eigenvalue weighted by Gasteiger charge is -2.04. The first-order valence-electron chi connectivity index (χ1n) is 5.56. The van der Waals surface area contributed by atoms with Gasteiger partial charge in [0.1, 0.15) is 0 Å². The van der Waals surface area contributed by atoms with Gasteiger partial charge in [-0.25, -0.2) is 0 Å². The number of aryl methyl sites for hydroxylation is 1. The van der Waals surface area contributed by atoms with Crippen LogP contribution in [0.25, 0.3) is 11.3 Å². The molecule has 2 nitrogen and oxygen atoms in total. The van der Waals surface area contributed by atoms with Gasteiger partial charge in [-0.2, -0.15) is 0 Å². The Balaban J connectivity index is 2.34. The molecule has 1 heterocycles. The summed E-state index contributed by atoms with van der Waals surface area (Å²) in [6, 6.07) is 12.6. The summed E-state index contributed by atoms with van der Waals surface area (Å²) in [5.41, 5.74) is 4.61. The lowest BCUT2D eigenvalue weighted by atomic mass is 10.1. The van der Waals surface area contributed by atoms with E-state index >= 15 is 0 Å². The second-order valence-corrected chi connectivity index (χ2v) is 3.73. The van der Waals surface area contributed by atoms with Crippen molar-refractivity contribution in [2.75, 3.05) is 12.4 Å². The summed E-state index contributed by atoms with van der Waals surface area (Å²) in [7, 11) is 1.92. The molecule has 2 heteroatoms. The van der Waals surface area contributed by atoms with E-state index in [1.165, 1.54) is 5.56 Å². The number of pyridine rings is 1. The first-order valence-corrected chi connectivity index (χ1v) is 5.56. The Hall–Kier alpha value is -1.83. The maximum atomic E-state index is 4.37. The number of anilines is 1. The predicted molar refractivity (Wildman–Crippen MR) is 68.6 cm³/mol. The van der Waals surface area contributed by atoms with E-state index in [4.69, 9.17) is 0 Å². The molecule has 0 aliphatic rings. The smallest absolute Gasteiger partial charge is 0.0722 e. The Labute approximate surface area is 96.4 Å². The third-order valence-electron chi connectivity index (χ3n) is 2.71. The fourth-order valence-electron chi connectivity index (χ4n) is 1.66. The fraction of sp³-hybridized carbons (Fsp3) is 0.214. The summed E-state index contributed by atoms with van der Waals surface area (Å²) in [5, 5.41) is 3.12. The van der Waals surface area contributed by atoms with Gasteiger partial charge in [-0.15, -0.1) is 0 Å². The second kappa shape index (κ2) is 4.79. The summed E-state index contributed by atoms with van der Waals surface area (Å²) < 4.78 is 0. The van der Waals surface area contributed by atoms with Crippen molar-refractivity contribution in [2.45, 2.75) is 13.3 Å². The molecule has 0 saturated carbocycles. The van der Waals surface area contributed by atoms with Crippen LogP contribution < -0.4 is 5.32 Å². The number of benzene rings is 1. The minimum atomic E-state index is 1.01. The van der Waals surface area contributed by atoms with Crippen molar-refractivity contribution in [1.82, 2.24) is 4.98 Å². The highest BCUT2D eigenvalue weighted by Gasteiger charge is 1.99. The van der Waals surface area contributed by atoms with Crippen LogP contribution in [-0.2, 0) is 6.42 Å².